The Morgan fingerprint density at radius 3 is 2.10 bits per heavy atom. The predicted octanol–water partition coefficient (Wildman–Crippen LogP) is 5.89. The highest BCUT2D eigenvalue weighted by atomic mass is 16.5. The van der Waals surface area contributed by atoms with Crippen LogP contribution in [0.15, 0.2) is 0 Å². The van der Waals surface area contributed by atoms with E-state index in [-0.39, 0.29) is 5.41 Å². The molecule has 6 heteroatoms. The van der Waals surface area contributed by atoms with Crippen LogP contribution in [0.5, 0.6) is 0 Å². The molecule has 4 fully saturated rings. The molecule has 234 valence electrons. The van der Waals surface area contributed by atoms with E-state index >= 15 is 0 Å². The molecule has 4 rings (SSSR count). The molecule has 0 aromatic carbocycles. The first-order valence-electron chi connectivity index (χ1n) is 17.3. The van der Waals surface area contributed by atoms with Gasteiger partial charge in [-0.3, -0.25) is 0 Å². The van der Waals surface area contributed by atoms with Gasteiger partial charge in [-0.2, -0.15) is 0 Å². The van der Waals surface area contributed by atoms with E-state index in [1.165, 1.54) is 64.2 Å². The van der Waals surface area contributed by atoms with Gasteiger partial charge >= 0.3 is 0 Å². The SMILES string of the molecule is CCC[C@@H](CC)C1CC[C@H]2[C@@H]3[C@H](OCCCN)C[C@@H]4C[C@H](OCCCN)CC[C@]4(C)[C@H]3C[C@H](OCCCN)[C@]12C. The fourth-order valence-electron chi connectivity index (χ4n) is 10.5. The van der Waals surface area contributed by atoms with Gasteiger partial charge in [-0.25, -0.2) is 0 Å². The summed E-state index contributed by atoms with van der Waals surface area (Å²) in [5.41, 5.74) is 18.2. The maximum absolute atomic E-state index is 6.96. The number of hydrogen-bond acceptors (Lipinski definition) is 6. The Kier molecular flexibility index (Phi) is 12.2. The summed E-state index contributed by atoms with van der Waals surface area (Å²) in [6, 6.07) is 0. The van der Waals surface area contributed by atoms with Crippen LogP contribution in [0.2, 0.25) is 0 Å². The van der Waals surface area contributed by atoms with E-state index in [0.717, 1.165) is 50.9 Å². The standard InChI is InChI=1S/C34H65N3O3/c1-5-10-24(6-2)27-11-12-28-32-29(23-31(34(27,28)4)40-20-9-17-37)33(3)14-13-26(38-18-7-15-35)21-25(33)22-30(32)39-19-8-16-36/h24-32H,5-23,35-37H2,1-4H3/t24-,25+,26-,27?,28+,29+,30-,31+,32+,33+,34-/m1/s1. The molecule has 11 atom stereocenters. The molecule has 0 radical (unpaired) electrons. The van der Waals surface area contributed by atoms with E-state index in [2.05, 4.69) is 27.7 Å². The van der Waals surface area contributed by atoms with Crippen molar-refractivity contribution >= 4 is 0 Å². The van der Waals surface area contributed by atoms with Crippen molar-refractivity contribution in [1.82, 2.24) is 0 Å². The van der Waals surface area contributed by atoms with Gasteiger partial charge in [-0.05, 0) is 125 Å². The van der Waals surface area contributed by atoms with Crippen molar-refractivity contribution in [3.8, 4) is 0 Å². The van der Waals surface area contributed by atoms with Crippen LogP contribution in [0.4, 0.5) is 0 Å². The smallest absolute Gasteiger partial charge is 0.0637 e. The van der Waals surface area contributed by atoms with Crippen LogP contribution in [0.3, 0.4) is 0 Å². The lowest BCUT2D eigenvalue weighted by molar-refractivity contribution is -0.228. The molecule has 0 heterocycles. The topological polar surface area (TPSA) is 106 Å². The van der Waals surface area contributed by atoms with Crippen molar-refractivity contribution in [2.75, 3.05) is 39.5 Å². The van der Waals surface area contributed by atoms with Gasteiger partial charge in [0.05, 0.1) is 18.3 Å². The highest BCUT2D eigenvalue weighted by Gasteiger charge is 2.66. The van der Waals surface area contributed by atoms with Gasteiger partial charge in [0.1, 0.15) is 0 Å². The van der Waals surface area contributed by atoms with Crippen LogP contribution in [-0.2, 0) is 14.2 Å². The first-order chi connectivity index (χ1) is 19.4. The first-order valence-corrected chi connectivity index (χ1v) is 17.3. The molecule has 0 saturated heterocycles. The van der Waals surface area contributed by atoms with E-state index in [1.54, 1.807) is 0 Å². The molecule has 0 aliphatic heterocycles. The van der Waals surface area contributed by atoms with Gasteiger partial charge in [-0.15, -0.1) is 0 Å². The minimum atomic E-state index is 0.215. The average molecular weight is 564 g/mol. The van der Waals surface area contributed by atoms with Gasteiger partial charge in [0.2, 0.25) is 0 Å². The van der Waals surface area contributed by atoms with Crippen LogP contribution in [0.1, 0.15) is 111 Å². The maximum Gasteiger partial charge on any atom is 0.0637 e. The van der Waals surface area contributed by atoms with Crippen molar-refractivity contribution in [3.05, 3.63) is 0 Å². The summed E-state index contributed by atoms with van der Waals surface area (Å²) in [6.07, 6.45) is 16.4. The minimum Gasteiger partial charge on any atom is -0.378 e. The lowest BCUT2D eigenvalue weighted by Gasteiger charge is -2.65. The summed E-state index contributed by atoms with van der Waals surface area (Å²) < 4.78 is 20.2. The molecule has 6 nitrogen and oxygen atoms in total. The van der Waals surface area contributed by atoms with Crippen molar-refractivity contribution in [2.24, 2.45) is 63.5 Å². The van der Waals surface area contributed by atoms with Gasteiger partial charge in [0, 0.05) is 25.2 Å². The summed E-state index contributed by atoms with van der Waals surface area (Å²) in [5, 5.41) is 0. The van der Waals surface area contributed by atoms with Crippen LogP contribution < -0.4 is 17.2 Å². The molecule has 0 bridgehead atoms. The number of rotatable bonds is 16. The summed E-state index contributed by atoms with van der Waals surface area (Å²) in [7, 11) is 0. The van der Waals surface area contributed by atoms with E-state index in [4.69, 9.17) is 31.4 Å². The monoisotopic (exact) mass is 564 g/mol. The third-order valence-corrected chi connectivity index (χ3v) is 12.6. The zero-order valence-electron chi connectivity index (χ0n) is 26.6. The summed E-state index contributed by atoms with van der Waals surface area (Å²) >= 11 is 0. The molecule has 4 aliphatic carbocycles. The third kappa shape index (κ3) is 6.48. The summed E-state index contributed by atoms with van der Waals surface area (Å²) in [4.78, 5) is 0. The molecule has 4 aliphatic rings. The Morgan fingerprint density at radius 1 is 0.775 bits per heavy atom. The zero-order chi connectivity index (χ0) is 28.8. The van der Waals surface area contributed by atoms with Crippen LogP contribution in [0.25, 0.3) is 0 Å². The van der Waals surface area contributed by atoms with Crippen molar-refractivity contribution in [2.45, 2.75) is 129 Å². The summed E-state index contributed by atoms with van der Waals surface area (Å²) in [6.45, 7) is 14.6. The molecule has 0 aromatic heterocycles. The molecule has 40 heavy (non-hydrogen) atoms. The Hall–Kier alpha value is -0.240. The molecule has 0 aromatic rings. The van der Waals surface area contributed by atoms with E-state index < -0.39 is 0 Å². The molecule has 0 amide bonds. The Labute approximate surface area is 246 Å². The zero-order valence-corrected chi connectivity index (χ0v) is 26.6. The minimum absolute atomic E-state index is 0.215. The molecule has 4 saturated carbocycles. The molecule has 6 N–H and O–H groups in total. The van der Waals surface area contributed by atoms with Gasteiger partial charge in [0.25, 0.3) is 0 Å². The van der Waals surface area contributed by atoms with Gasteiger partial charge < -0.3 is 31.4 Å². The van der Waals surface area contributed by atoms with Crippen LogP contribution in [0, 0.1) is 46.3 Å². The largest absolute Gasteiger partial charge is 0.378 e. The first kappa shape index (κ1) is 32.7. The van der Waals surface area contributed by atoms with Crippen LogP contribution >= 0.6 is 0 Å². The fraction of sp³-hybridized carbons (Fsp3) is 1.00. The predicted molar refractivity (Wildman–Crippen MR) is 165 cm³/mol. The number of fused-ring (bicyclic) bond motifs is 5. The highest BCUT2D eigenvalue weighted by molar-refractivity contribution is 5.15. The molecule has 0 spiro atoms. The van der Waals surface area contributed by atoms with Crippen molar-refractivity contribution in [1.29, 1.82) is 0 Å². The quantitative estimate of drug-likeness (QED) is 0.202. The van der Waals surface area contributed by atoms with Crippen LogP contribution in [-0.4, -0.2) is 57.8 Å². The Balaban J connectivity index is 1.66. The highest BCUT2D eigenvalue weighted by Crippen LogP contribution is 2.69. The second-order valence-electron chi connectivity index (χ2n) is 14.4. The van der Waals surface area contributed by atoms with Crippen molar-refractivity contribution in [3.63, 3.8) is 0 Å². The maximum atomic E-state index is 6.96. The lowest BCUT2D eigenvalue weighted by atomic mass is 9.43. The number of ether oxygens (including phenoxy) is 3. The lowest BCUT2D eigenvalue weighted by Crippen LogP contribution is -2.63. The average Bonchev–Trinajstić information content (AvgIpc) is 3.30. The normalized spacial score (nSPS) is 41.8. The van der Waals surface area contributed by atoms with Gasteiger partial charge in [-0.1, -0.05) is 47.0 Å². The summed E-state index contributed by atoms with van der Waals surface area (Å²) in [5.74, 6) is 4.12. The Morgan fingerprint density at radius 2 is 1.45 bits per heavy atom. The third-order valence-electron chi connectivity index (χ3n) is 12.6. The van der Waals surface area contributed by atoms with E-state index in [0.29, 0.717) is 67.0 Å². The molecular formula is C34H65N3O3. The number of hydrogen-bond donors (Lipinski definition) is 3. The molecule has 1 unspecified atom stereocenters. The van der Waals surface area contributed by atoms with E-state index in [1.807, 2.05) is 0 Å². The fourth-order valence-corrected chi connectivity index (χ4v) is 10.5. The second-order valence-corrected chi connectivity index (χ2v) is 14.4. The second kappa shape index (κ2) is 15.0. The Bertz CT molecular complexity index is 754. The van der Waals surface area contributed by atoms with E-state index in [9.17, 15) is 0 Å². The van der Waals surface area contributed by atoms with Gasteiger partial charge in [0.15, 0.2) is 0 Å². The van der Waals surface area contributed by atoms with Crippen molar-refractivity contribution < 1.29 is 14.2 Å². The molecular weight excluding hydrogens is 498 g/mol. The number of nitrogens with two attached hydrogens (primary N) is 3.